The molecule has 0 spiro atoms. The summed E-state index contributed by atoms with van der Waals surface area (Å²) in [4.78, 5) is 11.7. The smallest absolute Gasteiger partial charge is 0.324 e. The summed E-state index contributed by atoms with van der Waals surface area (Å²) >= 11 is 0. The Morgan fingerprint density at radius 3 is 2.71 bits per heavy atom. The summed E-state index contributed by atoms with van der Waals surface area (Å²) in [5.74, 6) is -0.428. The van der Waals surface area contributed by atoms with E-state index < -0.39 is 6.04 Å². The number of aryl methyl sites for hydroxylation is 1. The topological polar surface area (TPSA) is 76.4 Å². The van der Waals surface area contributed by atoms with E-state index in [0.717, 1.165) is 11.1 Å². The van der Waals surface area contributed by atoms with Crippen LogP contribution in [0.2, 0.25) is 0 Å². The molecule has 1 aliphatic rings. The van der Waals surface area contributed by atoms with Crippen molar-refractivity contribution in [3.63, 3.8) is 0 Å². The summed E-state index contributed by atoms with van der Waals surface area (Å²) in [6, 6.07) is 7.46. The van der Waals surface area contributed by atoms with Gasteiger partial charge in [-0.15, -0.1) is 0 Å². The minimum Gasteiger partial charge on any atom is -0.468 e. The Hall–Kier alpha value is -1.43. The third kappa shape index (κ3) is 2.17. The molecule has 17 heavy (non-hydrogen) atoms. The predicted octanol–water partition coefficient (Wildman–Crippen LogP) is 0.0128. The number of nitrogens with one attached hydrogen (secondary N) is 2. The molecule has 1 fully saturated rings. The molecule has 0 aliphatic carbocycles. The number of hydrogen-bond donors (Lipinski definition) is 3. The number of rotatable bonds is 2. The Labute approximate surface area is 100 Å². The van der Waals surface area contributed by atoms with Gasteiger partial charge in [0, 0.05) is 5.92 Å². The van der Waals surface area contributed by atoms with E-state index in [4.69, 9.17) is 10.5 Å². The fourth-order valence-electron chi connectivity index (χ4n) is 2.24. The molecular formula is C12H17N3O2. The second-order valence-electron chi connectivity index (χ2n) is 4.20. The lowest BCUT2D eigenvalue weighted by Gasteiger charge is -2.21. The molecule has 0 amide bonds. The van der Waals surface area contributed by atoms with E-state index in [1.807, 2.05) is 31.2 Å². The Kier molecular flexibility index (Phi) is 3.42. The van der Waals surface area contributed by atoms with Crippen molar-refractivity contribution in [2.45, 2.75) is 25.0 Å². The maximum atomic E-state index is 11.7. The second kappa shape index (κ2) is 4.83. The molecule has 1 saturated heterocycles. The number of benzene rings is 1. The zero-order chi connectivity index (χ0) is 12.4. The Morgan fingerprint density at radius 2 is 2.06 bits per heavy atom. The average molecular weight is 235 g/mol. The average Bonchev–Trinajstić information content (AvgIpc) is 2.71. The molecule has 1 aromatic rings. The van der Waals surface area contributed by atoms with Crippen LogP contribution in [-0.2, 0) is 9.53 Å². The molecule has 92 valence electrons. The van der Waals surface area contributed by atoms with Gasteiger partial charge in [0.05, 0.1) is 13.3 Å². The summed E-state index contributed by atoms with van der Waals surface area (Å²) in [6.45, 7) is 2.01. The molecule has 0 saturated carbocycles. The van der Waals surface area contributed by atoms with Gasteiger partial charge < -0.3 is 10.5 Å². The molecule has 0 bridgehead atoms. The summed E-state index contributed by atoms with van der Waals surface area (Å²) in [6.07, 6.45) is -0.305. The maximum Gasteiger partial charge on any atom is 0.324 e. The van der Waals surface area contributed by atoms with Crippen molar-refractivity contribution in [3.05, 3.63) is 35.4 Å². The molecule has 3 atom stereocenters. The number of hydrazine groups is 1. The van der Waals surface area contributed by atoms with Gasteiger partial charge in [0.15, 0.2) is 0 Å². The number of ether oxygens (including phenoxy) is 1. The van der Waals surface area contributed by atoms with Crippen LogP contribution in [0.15, 0.2) is 24.3 Å². The summed E-state index contributed by atoms with van der Waals surface area (Å²) in [5.41, 5.74) is 13.9. The third-order valence-electron chi connectivity index (χ3n) is 3.15. The standard InChI is InChI=1S/C12H17N3O2/c1-7-5-3-4-6-8(7)9-10(12(16)17-2)14-15-11(9)13/h3-6,9-11,14-15H,13H2,1-2H3. The highest BCUT2D eigenvalue weighted by Gasteiger charge is 2.40. The van der Waals surface area contributed by atoms with E-state index in [-0.39, 0.29) is 18.1 Å². The van der Waals surface area contributed by atoms with E-state index in [0.29, 0.717) is 0 Å². The number of carbonyl (C=O) groups is 1. The lowest BCUT2D eigenvalue weighted by atomic mass is 9.88. The van der Waals surface area contributed by atoms with Gasteiger partial charge in [-0.1, -0.05) is 24.3 Å². The first-order valence-corrected chi connectivity index (χ1v) is 5.55. The molecule has 0 aromatic heterocycles. The quantitative estimate of drug-likeness (QED) is 0.630. The lowest BCUT2D eigenvalue weighted by molar-refractivity contribution is -0.143. The highest BCUT2D eigenvalue weighted by Crippen LogP contribution is 2.28. The van der Waals surface area contributed by atoms with E-state index in [2.05, 4.69) is 10.9 Å². The Bertz CT molecular complexity index is 422. The first-order valence-electron chi connectivity index (χ1n) is 5.55. The number of methoxy groups -OCH3 is 1. The van der Waals surface area contributed by atoms with E-state index in [1.54, 1.807) is 0 Å². The number of carbonyl (C=O) groups excluding carboxylic acids is 1. The molecular weight excluding hydrogens is 218 g/mol. The maximum absolute atomic E-state index is 11.7. The van der Waals surface area contributed by atoms with Crippen molar-refractivity contribution in [1.29, 1.82) is 0 Å². The van der Waals surface area contributed by atoms with Gasteiger partial charge in [-0.05, 0) is 18.1 Å². The van der Waals surface area contributed by atoms with Gasteiger partial charge in [-0.3, -0.25) is 4.79 Å². The van der Waals surface area contributed by atoms with Gasteiger partial charge in [-0.2, -0.15) is 0 Å². The van der Waals surface area contributed by atoms with Crippen LogP contribution in [0.1, 0.15) is 17.0 Å². The van der Waals surface area contributed by atoms with Crippen LogP contribution in [0, 0.1) is 6.92 Å². The van der Waals surface area contributed by atoms with Crippen molar-refractivity contribution in [2.75, 3.05) is 7.11 Å². The Balaban J connectivity index is 2.34. The largest absolute Gasteiger partial charge is 0.468 e. The van der Waals surface area contributed by atoms with Gasteiger partial charge in [0.25, 0.3) is 0 Å². The molecule has 3 unspecified atom stereocenters. The number of hydrogen-bond acceptors (Lipinski definition) is 5. The zero-order valence-electron chi connectivity index (χ0n) is 9.94. The van der Waals surface area contributed by atoms with Gasteiger partial charge in [0.1, 0.15) is 6.04 Å². The van der Waals surface area contributed by atoms with Crippen LogP contribution in [0.3, 0.4) is 0 Å². The van der Waals surface area contributed by atoms with Crippen LogP contribution in [-0.4, -0.2) is 25.3 Å². The summed E-state index contributed by atoms with van der Waals surface area (Å²) in [5, 5.41) is 0. The van der Waals surface area contributed by atoms with E-state index in [1.165, 1.54) is 7.11 Å². The summed E-state index contributed by atoms with van der Waals surface area (Å²) in [7, 11) is 1.38. The normalized spacial score (nSPS) is 28.1. The molecule has 2 rings (SSSR count). The number of nitrogens with two attached hydrogens (primary N) is 1. The Morgan fingerprint density at radius 1 is 1.35 bits per heavy atom. The van der Waals surface area contributed by atoms with Crippen LogP contribution < -0.4 is 16.6 Å². The second-order valence-corrected chi connectivity index (χ2v) is 4.20. The first-order chi connectivity index (χ1) is 8.15. The van der Waals surface area contributed by atoms with E-state index >= 15 is 0 Å². The molecule has 5 heteroatoms. The predicted molar refractivity (Wildman–Crippen MR) is 64.0 cm³/mol. The minimum absolute atomic E-state index is 0.122. The van der Waals surface area contributed by atoms with Crippen molar-refractivity contribution in [1.82, 2.24) is 10.9 Å². The highest BCUT2D eigenvalue weighted by molar-refractivity contribution is 5.77. The molecule has 1 aromatic carbocycles. The van der Waals surface area contributed by atoms with Crippen molar-refractivity contribution >= 4 is 5.97 Å². The molecule has 5 nitrogen and oxygen atoms in total. The molecule has 4 N–H and O–H groups in total. The summed E-state index contributed by atoms with van der Waals surface area (Å²) < 4.78 is 4.78. The van der Waals surface area contributed by atoms with Gasteiger partial charge >= 0.3 is 5.97 Å². The molecule has 0 radical (unpaired) electrons. The molecule has 1 heterocycles. The fraction of sp³-hybridized carbons (Fsp3) is 0.417. The van der Waals surface area contributed by atoms with Crippen LogP contribution in [0.25, 0.3) is 0 Å². The third-order valence-corrected chi connectivity index (χ3v) is 3.15. The monoisotopic (exact) mass is 235 g/mol. The van der Waals surface area contributed by atoms with Crippen molar-refractivity contribution in [2.24, 2.45) is 5.73 Å². The fourth-order valence-corrected chi connectivity index (χ4v) is 2.24. The number of esters is 1. The van der Waals surface area contributed by atoms with Crippen molar-refractivity contribution < 1.29 is 9.53 Å². The molecule has 1 aliphatic heterocycles. The minimum atomic E-state index is -0.448. The highest BCUT2D eigenvalue weighted by atomic mass is 16.5. The van der Waals surface area contributed by atoms with E-state index in [9.17, 15) is 4.79 Å². The van der Waals surface area contributed by atoms with Crippen LogP contribution >= 0.6 is 0 Å². The van der Waals surface area contributed by atoms with Gasteiger partial charge in [0.2, 0.25) is 0 Å². The van der Waals surface area contributed by atoms with Gasteiger partial charge in [-0.25, -0.2) is 10.9 Å². The zero-order valence-corrected chi connectivity index (χ0v) is 9.94. The first kappa shape index (κ1) is 12.0. The van der Waals surface area contributed by atoms with Crippen molar-refractivity contribution in [3.8, 4) is 0 Å². The lowest BCUT2D eigenvalue weighted by Crippen LogP contribution is -2.39. The SMILES string of the molecule is COC(=O)C1NNC(N)C1c1ccccc1C. The van der Waals surface area contributed by atoms with Crippen LogP contribution in [0.4, 0.5) is 0 Å². The van der Waals surface area contributed by atoms with Crippen LogP contribution in [0.5, 0.6) is 0 Å².